The Bertz CT molecular complexity index is 768. The summed E-state index contributed by atoms with van der Waals surface area (Å²) in [5, 5.41) is 2.98. The normalized spacial score (nSPS) is 15.4. The summed E-state index contributed by atoms with van der Waals surface area (Å²) >= 11 is 0. The van der Waals surface area contributed by atoms with Crippen molar-refractivity contribution in [3.63, 3.8) is 0 Å². The van der Waals surface area contributed by atoms with Gasteiger partial charge in [-0.05, 0) is 37.8 Å². The molecule has 1 aliphatic rings. The Hall–Kier alpha value is -1.89. The molecule has 0 radical (unpaired) electrons. The maximum Gasteiger partial charge on any atom is 0.255 e. The van der Waals surface area contributed by atoms with Gasteiger partial charge in [0.1, 0.15) is 0 Å². The van der Waals surface area contributed by atoms with E-state index in [-0.39, 0.29) is 33.9 Å². The van der Waals surface area contributed by atoms with Crippen LogP contribution in [0, 0.1) is 5.92 Å². The van der Waals surface area contributed by atoms with Crippen LogP contribution in [-0.2, 0) is 14.6 Å². The van der Waals surface area contributed by atoms with E-state index in [4.69, 9.17) is 0 Å². The Morgan fingerprint density at radius 1 is 1.07 bits per heavy atom. The lowest BCUT2D eigenvalue weighted by Crippen LogP contribution is -2.43. The summed E-state index contributed by atoms with van der Waals surface area (Å²) in [4.78, 5) is 27.0. The molecule has 156 valence electrons. The lowest BCUT2D eigenvalue weighted by molar-refractivity contribution is -0.126. The highest BCUT2D eigenvalue weighted by molar-refractivity contribution is 7.91. The van der Waals surface area contributed by atoms with E-state index in [9.17, 15) is 18.0 Å². The van der Waals surface area contributed by atoms with Crippen LogP contribution in [0.15, 0.2) is 29.2 Å². The molecule has 0 aliphatic carbocycles. The van der Waals surface area contributed by atoms with E-state index in [0.29, 0.717) is 38.9 Å². The van der Waals surface area contributed by atoms with Crippen molar-refractivity contribution in [3.05, 3.63) is 29.8 Å². The van der Waals surface area contributed by atoms with Gasteiger partial charge in [0.2, 0.25) is 5.91 Å². The Labute approximate surface area is 168 Å². The molecular formula is C21H32N2O4S. The molecule has 0 unspecified atom stereocenters. The molecule has 6 nitrogen and oxygen atoms in total. The summed E-state index contributed by atoms with van der Waals surface area (Å²) < 4.78 is 25.0. The minimum atomic E-state index is -3.48. The van der Waals surface area contributed by atoms with Crippen molar-refractivity contribution < 1.29 is 18.0 Å². The maximum absolute atomic E-state index is 13.0. The summed E-state index contributed by atoms with van der Waals surface area (Å²) in [5.74, 6) is -0.256. The summed E-state index contributed by atoms with van der Waals surface area (Å²) in [6.07, 6.45) is 4.93. The number of amides is 2. The molecule has 0 aromatic heterocycles. The van der Waals surface area contributed by atoms with Crippen LogP contribution in [-0.4, -0.2) is 50.5 Å². The molecular weight excluding hydrogens is 376 g/mol. The van der Waals surface area contributed by atoms with Crippen LogP contribution >= 0.6 is 0 Å². The molecule has 1 aliphatic heterocycles. The lowest BCUT2D eigenvalue weighted by Gasteiger charge is -2.31. The van der Waals surface area contributed by atoms with E-state index in [1.54, 1.807) is 30.0 Å². The monoisotopic (exact) mass is 408 g/mol. The summed E-state index contributed by atoms with van der Waals surface area (Å²) in [5.41, 5.74) is 0.235. The van der Waals surface area contributed by atoms with Crippen molar-refractivity contribution in [1.82, 2.24) is 10.2 Å². The van der Waals surface area contributed by atoms with Crippen LogP contribution in [0.25, 0.3) is 0 Å². The average molecular weight is 409 g/mol. The summed E-state index contributed by atoms with van der Waals surface area (Å²) in [6.45, 7) is 5.57. The molecule has 7 heteroatoms. The van der Waals surface area contributed by atoms with E-state index in [1.165, 1.54) is 6.07 Å². The van der Waals surface area contributed by atoms with Crippen LogP contribution in [0.5, 0.6) is 0 Å². The van der Waals surface area contributed by atoms with Gasteiger partial charge in [0.15, 0.2) is 9.84 Å². The number of benzene rings is 1. The van der Waals surface area contributed by atoms with E-state index in [2.05, 4.69) is 12.2 Å². The minimum absolute atomic E-state index is 0.0254. The zero-order valence-electron chi connectivity index (χ0n) is 16.9. The van der Waals surface area contributed by atoms with Crippen LogP contribution in [0.2, 0.25) is 0 Å². The Kier molecular flexibility index (Phi) is 8.48. The predicted molar refractivity (Wildman–Crippen MR) is 110 cm³/mol. The fourth-order valence-electron chi connectivity index (χ4n) is 3.54. The molecule has 1 aromatic carbocycles. The molecule has 0 spiro atoms. The number of carbonyl (C=O) groups is 2. The van der Waals surface area contributed by atoms with Crippen LogP contribution in [0.1, 0.15) is 62.7 Å². The first-order valence-corrected chi connectivity index (χ1v) is 11.9. The number of nitrogens with zero attached hydrogens (tertiary/aromatic N) is 1. The first-order valence-electron chi connectivity index (χ1n) is 10.3. The van der Waals surface area contributed by atoms with Crippen molar-refractivity contribution >= 4 is 21.7 Å². The maximum atomic E-state index is 13.0. The highest BCUT2D eigenvalue weighted by atomic mass is 32.2. The third-order valence-corrected chi connectivity index (χ3v) is 7.13. The quantitative estimate of drug-likeness (QED) is 0.637. The second-order valence-corrected chi connectivity index (χ2v) is 9.46. The van der Waals surface area contributed by atoms with Gasteiger partial charge in [0.05, 0.1) is 16.2 Å². The van der Waals surface area contributed by atoms with E-state index >= 15 is 0 Å². The Balaban J connectivity index is 1.98. The number of sulfone groups is 1. The van der Waals surface area contributed by atoms with Crippen molar-refractivity contribution in [2.45, 2.75) is 57.3 Å². The molecule has 1 saturated heterocycles. The number of piperidine rings is 1. The number of carbonyl (C=O) groups excluding carboxylic acids is 2. The van der Waals surface area contributed by atoms with Gasteiger partial charge in [0.25, 0.3) is 5.91 Å². The molecule has 2 rings (SSSR count). The van der Waals surface area contributed by atoms with E-state index < -0.39 is 9.84 Å². The SMILES string of the molecule is CCCCCNC(=O)C1CCN(C(=O)c2ccccc2S(=O)(=O)CCC)CC1. The molecule has 0 saturated carbocycles. The van der Waals surface area contributed by atoms with Gasteiger partial charge in [0, 0.05) is 25.6 Å². The molecule has 2 amide bonds. The third kappa shape index (κ3) is 5.80. The van der Waals surface area contributed by atoms with Gasteiger partial charge >= 0.3 is 0 Å². The number of rotatable bonds is 9. The van der Waals surface area contributed by atoms with Crippen molar-refractivity contribution in [3.8, 4) is 0 Å². The summed E-state index contributed by atoms with van der Waals surface area (Å²) in [7, 11) is -3.48. The zero-order chi connectivity index (χ0) is 20.6. The lowest BCUT2D eigenvalue weighted by atomic mass is 9.95. The topological polar surface area (TPSA) is 83.6 Å². The second kappa shape index (κ2) is 10.6. The third-order valence-electron chi connectivity index (χ3n) is 5.16. The van der Waals surface area contributed by atoms with Gasteiger partial charge in [-0.2, -0.15) is 0 Å². The molecule has 1 fully saturated rings. The van der Waals surface area contributed by atoms with Crippen LogP contribution in [0.4, 0.5) is 0 Å². The van der Waals surface area contributed by atoms with Gasteiger partial charge in [-0.15, -0.1) is 0 Å². The van der Waals surface area contributed by atoms with E-state index in [0.717, 1.165) is 19.3 Å². The highest BCUT2D eigenvalue weighted by Crippen LogP contribution is 2.23. The van der Waals surface area contributed by atoms with Crippen molar-refractivity contribution in [2.24, 2.45) is 5.92 Å². The molecule has 28 heavy (non-hydrogen) atoms. The van der Waals surface area contributed by atoms with Crippen LogP contribution < -0.4 is 5.32 Å². The number of hydrogen-bond acceptors (Lipinski definition) is 4. The molecule has 0 bridgehead atoms. The molecule has 1 aromatic rings. The average Bonchev–Trinajstić information content (AvgIpc) is 2.70. The molecule has 1 heterocycles. The number of unbranched alkanes of at least 4 members (excludes halogenated alkanes) is 2. The second-order valence-electron chi connectivity index (χ2n) is 7.38. The number of hydrogen-bond donors (Lipinski definition) is 1. The van der Waals surface area contributed by atoms with E-state index in [1.807, 2.05) is 0 Å². The summed E-state index contributed by atoms with van der Waals surface area (Å²) in [6, 6.07) is 6.43. The van der Waals surface area contributed by atoms with Gasteiger partial charge in [-0.3, -0.25) is 9.59 Å². The largest absolute Gasteiger partial charge is 0.356 e. The van der Waals surface area contributed by atoms with Gasteiger partial charge < -0.3 is 10.2 Å². The predicted octanol–water partition coefficient (Wildman–Crippen LogP) is 3.03. The zero-order valence-corrected chi connectivity index (χ0v) is 17.8. The van der Waals surface area contributed by atoms with Gasteiger partial charge in [-0.1, -0.05) is 38.8 Å². The minimum Gasteiger partial charge on any atom is -0.356 e. The van der Waals surface area contributed by atoms with Crippen molar-refractivity contribution in [2.75, 3.05) is 25.4 Å². The number of likely N-dealkylation sites (tertiary alicyclic amines) is 1. The molecule has 1 N–H and O–H groups in total. The first-order chi connectivity index (χ1) is 13.4. The Morgan fingerprint density at radius 3 is 2.39 bits per heavy atom. The Morgan fingerprint density at radius 2 is 1.75 bits per heavy atom. The fraction of sp³-hybridized carbons (Fsp3) is 0.619. The fourth-order valence-corrected chi connectivity index (χ4v) is 5.07. The number of nitrogens with one attached hydrogen (secondary N) is 1. The first kappa shape index (κ1) is 22.4. The van der Waals surface area contributed by atoms with Gasteiger partial charge in [-0.25, -0.2) is 8.42 Å². The smallest absolute Gasteiger partial charge is 0.255 e. The van der Waals surface area contributed by atoms with Crippen molar-refractivity contribution in [1.29, 1.82) is 0 Å². The molecule has 0 atom stereocenters. The van der Waals surface area contributed by atoms with Crippen LogP contribution in [0.3, 0.4) is 0 Å². The standard InChI is InChI=1S/C21H32N2O4S/c1-3-5-8-13-22-20(24)17-11-14-23(15-12-17)21(25)18-9-6-7-10-19(18)28(26,27)16-4-2/h6-7,9-10,17H,3-5,8,11-16H2,1-2H3,(H,22,24). The highest BCUT2D eigenvalue weighted by Gasteiger charge is 2.30.